The summed E-state index contributed by atoms with van der Waals surface area (Å²) in [5.41, 5.74) is 22.5. The fourth-order valence-electron chi connectivity index (χ4n) is 12.6. The lowest BCUT2D eigenvalue weighted by Gasteiger charge is -2.44. The van der Waals surface area contributed by atoms with Gasteiger partial charge in [0.05, 0.1) is 16.8 Å². The maximum atomic E-state index is 6.70. The van der Waals surface area contributed by atoms with Crippen molar-refractivity contribution >= 4 is 39.0 Å². The molecule has 66 heavy (non-hydrogen) atoms. The molecular formula is C64H51NO. The molecule has 0 fully saturated rings. The first-order valence-electron chi connectivity index (χ1n) is 23.5. The number of rotatable bonds is 5. The van der Waals surface area contributed by atoms with Crippen LogP contribution >= 0.6 is 0 Å². The summed E-state index contributed by atoms with van der Waals surface area (Å²) in [7, 11) is 0. The molecule has 0 unspecified atom stereocenters. The predicted octanol–water partition coefficient (Wildman–Crippen LogP) is 17.3. The maximum absolute atomic E-state index is 6.70. The maximum Gasteiger partial charge on any atom is 0.137 e. The third-order valence-electron chi connectivity index (χ3n) is 17.0. The second kappa shape index (κ2) is 13.6. The van der Waals surface area contributed by atoms with Crippen molar-refractivity contribution < 1.29 is 4.42 Å². The predicted molar refractivity (Wildman–Crippen MR) is 275 cm³/mol. The molecule has 1 heterocycles. The Balaban J connectivity index is 1.18. The van der Waals surface area contributed by atoms with E-state index in [-0.39, 0.29) is 16.2 Å². The molecule has 0 amide bonds. The zero-order chi connectivity index (χ0) is 44.7. The summed E-state index contributed by atoms with van der Waals surface area (Å²) in [6.45, 7) is 14.7. The molecule has 10 aromatic rings. The zero-order valence-electron chi connectivity index (χ0n) is 38.4. The molecule has 1 aromatic heterocycles. The molecule has 2 nitrogen and oxygen atoms in total. The highest BCUT2D eigenvalue weighted by Gasteiger charge is 2.57. The van der Waals surface area contributed by atoms with Gasteiger partial charge in [0.2, 0.25) is 0 Å². The molecule has 0 aliphatic heterocycles. The van der Waals surface area contributed by atoms with Crippen LogP contribution in [0.5, 0.6) is 0 Å². The fourth-order valence-corrected chi connectivity index (χ4v) is 12.6. The third kappa shape index (κ3) is 4.97. The number of benzene rings is 9. The summed E-state index contributed by atoms with van der Waals surface area (Å²) in [4.78, 5) is 2.53. The Labute approximate surface area is 387 Å². The van der Waals surface area contributed by atoms with Crippen LogP contribution in [0, 0.1) is 5.41 Å². The Hall–Kier alpha value is -7.42. The minimum absolute atomic E-state index is 0.0115. The van der Waals surface area contributed by atoms with E-state index >= 15 is 0 Å². The van der Waals surface area contributed by atoms with Crippen LogP contribution in [0.25, 0.3) is 66.4 Å². The smallest absolute Gasteiger partial charge is 0.137 e. The highest BCUT2D eigenvalue weighted by molar-refractivity contribution is 6.07. The molecule has 318 valence electrons. The highest BCUT2D eigenvalue weighted by Crippen LogP contribution is 2.66. The van der Waals surface area contributed by atoms with Gasteiger partial charge in [-0.05, 0) is 119 Å². The second-order valence-electron chi connectivity index (χ2n) is 20.4. The van der Waals surface area contributed by atoms with Crippen molar-refractivity contribution in [1.29, 1.82) is 0 Å². The first-order valence-corrected chi connectivity index (χ1v) is 23.5. The molecule has 0 atom stereocenters. The average molecular weight is 850 g/mol. The number of hydrogen-bond donors (Lipinski definition) is 0. The van der Waals surface area contributed by atoms with Crippen molar-refractivity contribution in [3.63, 3.8) is 0 Å². The monoisotopic (exact) mass is 849 g/mol. The SMILES string of the molecule is CC1(C)c2ccc(-c3cc4c(cc3N(c3ccc5c(c3)oc3ccccc35)c3ccccc3-c3ccccc3)C3(c5ccccc5-c5ccccc53)c3ccccc3-4)cc2C(C)(C)C1(C)C. The largest absolute Gasteiger partial charge is 0.456 e. The summed E-state index contributed by atoms with van der Waals surface area (Å²) in [6.07, 6.45) is 0. The van der Waals surface area contributed by atoms with E-state index in [9.17, 15) is 0 Å². The lowest BCUT2D eigenvalue weighted by atomic mass is 9.59. The van der Waals surface area contributed by atoms with Crippen LogP contribution in [0.15, 0.2) is 205 Å². The highest BCUT2D eigenvalue weighted by atomic mass is 16.3. The lowest BCUT2D eigenvalue weighted by Crippen LogP contribution is -2.42. The normalized spacial score (nSPS) is 16.2. The quantitative estimate of drug-likeness (QED) is 0.172. The lowest BCUT2D eigenvalue weighted by molar-refractivity contribution is 0.125. The van der Waals surface area contributed by atoms with Crippen LogP contribution in [0.3, 0.4) is 0 Å². The van der Waals surface area contributed by atoms with E-state index in [1.54, 1.807) is 0 Å². The summed E-state index contributed by atoms with van der Waals surface area (Å²) in [5, 5.41) is 2.23. The number of furan rings is 1. The molecule has 0 radical (unpaired) electrons. The molecule has 0 saturated heterocycles. The number of hydrogen-bond acceptors (Lipinski definition) is 2. The Morgan fingerprint density at radius 1 is 0.333 bits per heavy atom. The summed E-state index contributed by atoms with van der Waals surface area (Å²) in [5.74, 6) is 0. The first-order chi connectivity index (χ1) is 32.0. The van der Waals surface area contributed by atoms with Gasteiger partial charge in [-0.3, -0.25) is 0 Å². The molecule has 3 aliphatic carbocycles. The minimum Gasteiger partial charge on any atom is -0.456 e. The molecule has 0 saturated carbocycles. The van der Waals surface area contributed by atoms with Gasteiger partial charge in [-0.2, -0.15) is 0 Å². The number of para-hydroxylation sites is 2. The van der Waals surface area contributed by atoms with E-state index in [2.05, 4.69) is 247 Å². The fraction of sp³-hybridized carbons (Fsp3) is 0.156. The van der Waals surface area contributed by atoms with Gasteiger partial charge in [0.1, 0.15) is 11.2 Å². The summed E-state index contributed by atoms with van der Waals surface area (Å²) in [6, 6.07) is 74.9. The van der Waals surface area contributed by atoms with Crippen LogP contribution in [-0.2, 0) is 16.2 Å². The van der Waals surface area contributed by atoms with Gasteiger partial charge in [0.25, 0.3) is 0 Å². The van der Waals surface area contributed by atoms with Crippen molar-refractivity contribution in [1.82, 2.24) is 0 Å². The standard InChI is InChI=1S/C64H51NO/c1-61(2)54-35-32-41(36-56(54)62(3,4)63(61,5)6)49-38-50-46-25-12-17-29-53(46)64(51-27-15-10-23-44(51)45-24-11-16-28-52(45)64)55(50)39-58(49)65(57-30-18-13-22-43(57)40-20-8-7-9-21-40)42-33-34-48-47-26-14-19-31-59(47)66-60(48)37-42/h7-39H,1-6H3. The van der Waals surface area contributed by atoms with Gasteiger partial charge in [-0.1, -0.05) is 199 Å². The van der Waals surface area contributed by atoms with Crippen molar-refractivity contribution in [3.05, 3.63) is 234 Å². The number of nitrogens with zero attached hydrogens (tertiary/aromatic N) is 1. The Bertz CT molecular complexity index is 3590. The molecule has 2 heteroatoms. The van der Waals surface area contributed by atoms with E-state index in [1.165, 1.54) is 66.8 Å². The van der Waals surface area contributed by atoms with Crippen LogP contribution in [0.1, 0.15) is 74.9 Å². The van der Waals surface area contributed by atoms with E-state index in [1.807, 2.05) is 0 Å². The molecule has 3 aliphatic rings. The van der Waals surface area contributed by atoms with Crippen molar-refractivity contribution in [2.75, 3.05) is 4.90 Å². The molecule has 0 N–H and O–H groups in total. The molecular weight excluding hydrogens is 799 g/mol. The first kappa shape index (κ1) is 39.0. The van der Waals surface area contributed by atoms with Gasteiger partial charge in [0.15, 0.2) is 0 Å². The third-order valence-corrected chi connectivity index (χ3v) is 17.0. The van der Waals surface area contributed by atoms with Gasteiger partial charge in [0, 0.05) is 33.7 Å². The van der Waals surface area contributed by atoms with Crippen LogP contribution in [-0.4, -0.2) is 0 Å². The second-order valence-corrected chi connectivity index (χ2v) is 20.4. The molecule has 13 rings (SSSR count). The number of fused-ring (bicyclic) bond motifs is 14. The van der Waals surface area contributed by atoms with E-state index in [0.29, 0.717) is 0 Å². The van der Waals surface area contributed by atoms with E-state index in [0.717, 1.165) is 50.1 Å². The van der Waals surface area contributed by atoms with Crippen LogP contribution in [0.2, 0.25) is 0 Å². The number of anilines is 3. The van der Waals surface area contributed by atoms with Gasteiger partial charge < -0.3 is 9.32 Å². The van der Waals surface area contributed by atoms with Crippen molar-refractivity contribution in [2.24, 2.45) is 5.41 Å². The van der Waals surface area contributed by atoms with E-state index < -0.39 is 5.41 Å². The van der Waals surface area contributed by atoms with E-state index in [4.69, 9.17) is 4.42 Å². The topological polar surface area (TPSA) is 16.4 Å². The Kier molecular flexibility index (Phi) is 8.01. The average Bonchev–Trinajstić information content (AvgIpc) is 4.00. The molecule has 0 bridgehead atoms. The zero-order valence-corrected chi connectivity index (χ0v) is 38.4. The van der Waals surface area contributed by atoms with Crippen molar-refractivity contribution in [2.45, 2.75) is 57.8 Å². The van der Waals surface area contributed by atoms with Crippen LogP contribution in [0.4, 0.5) is 17.1 Å². The van der Waals surface area contributed by atoms with Gasteiger partial charge >= 0.3 is 0 Å². The van der Waals surface area contributed by atoms with Gasteiger partial charge in [-0.15, -0.1) is 0 Å². The minimum atomic E-state index is -0.520. The Morgan fingerprint density at radius 2 is 0.894 bits per heavy atom. The molecule has 1 spiro atoms. The molecule has 9 aromatic carbocycles. The summed E-state index contributed by atoms with van der Waals surface area (Å²) < 4.78 is 6.70. The van der Waals surface area contributed by atoms with Gasteiger partial charge in [-0.25, -0.2) is 0 Å². The summed E-state index contributed by atoms with van der Waals surface area (Å²) >= 11 is 0. The Morgan fingerprint density at radius 3 is 1.59 bits per heavy atom. The van der Waals surface area contributed by atoms with Crippen LogP contribution < -0.4 is 4.90 Å². The van der Waals surface area contributed by atoms with Crippen molar-refractivity contribution in [3.8, 4) is 44.5 Å².